The molecule has 0 bridgehead atoms. The van der Waals surface area contributed by atoms with E-state index in [0.717, 1.165) is 12.1 Å². The molecule has 112 valence electrons. The van der Waals surface area contributed by atoms with Gasteiger partial charge in [0.15, 0.2) is 0 Å². The fraction of sp³-hybridized carbons (Fsp3) is 0.462. The van der Waals surface area contributed by atoms with Crippen molar-refractivity contribution in [1.82, 2.24) is 10.6 Å². The first-order valence-corrected chi connectivity index (χ1v) is 6.05. The second kappa shape index (κ2) is 7.14. The molecule has 0 radical (unpaired) electrons. The number of ether oxygens (including phenoxy) is 1. The van der Waals surface area contributed by atoms with Crippen LogP contribution in [0.4, 0.5) is 18.0 Å². The van der Waals surface area contributed by atoms with Gasteiger partial charge in [-0.25, -0.2) is 4.79 Å². The molecule has 4 nitrogen and oxygen atoms in total. The summed E-state index contributed by atoms with van der Waals surface area (Å²) in [7, 11) is 1.50. The van der Waals surface area contributed by atoms with Crippen molar-refractivity contribution in [2.75, 3.05) is 20.3 Å². The number of hydrogen-bond acceptors (Lipinski definition) is 2. The van der Waals surface area contributed by atoms with Crippen LogP contribution in [0.25, 0.3) is 0 Å². The summed E-state index contributed by atoms with van der Waals surface area (Å²) in [6, 6.07) is 3.90. The van der Waals surface area contributed by atoms with Gasteiger partial charge in [0.1, 0.15) is 0 Å². The van der Waals surface area contributed by atoms with E-state index >= 15 is 0 Å². The molecule has 0 aliphatic rings. The lowest BCUT2D eigenvalue weighted by Gasteiger charge is -2.16. The lowest BCUT2D eigenvalue weighted by atomic mass is 10.1. The van der Waals surface area contributed by atoms with Gasteiger partial charge < -0.3 is 15.4 Å². The number of carbonyl (C=O) groups excluding carboxylic acids is 1. The zero-order chi connectivity index (χ0) is 15.2. The minimum atomic E-state index is -4.39. The Morgan fingerprint density at radius 2 is 2.10 bits per heavy atom. The maximum atomic E-state index is 12.6. The Hall–Kier alpha value is -1.76. The van der Waals surface area contributed by atoms with Gasteiger partial charge >= 0.3 is 12.2 Å². The summed E-state index contributed by atoms with van der Waals surface area (Å²) in [6.07, 6.45) is -4.39. The summed E-state index contributed by atoms with van der Waals surface area (Å²) < 4.78 is 42.5. The molecule has 0 fully saturated rings. The van der Waals surface area contributed by atoms with E-state index in [-0.39, 0.29) is 0 Å². The molecule has 0 aliphatic heterocycles. The van der Waals surface area contributed by atoms with Gasteiger partial charge in [-0.3, -0.25) is 0 Å². The first kappa shape index (κ1) is 16.3. The Bertz CT molecular complexity index is 449. The van der Waals surface area contributed by atoms with Gasteiger partial charge in [0, 0.05) is 13.7 Å². The molecule has 0 aromatic heterocycles. The molecule has 1 rings (SSSR count). The Morgan fingerprint density at radius 1 is 1.40 bits per heavy atom. The molecule has 0 heterocycles. The largest absolute Gasteiger partial charge is 0.416 e. The summed E-state index contributed by atoms with van der Waals surface area (Å²) in [5.41, 5.74) is -0.342. The van der Waals surface area contributed by atoms with Crippen molar-refractivity contribution in [2.45, 2.75) is 19.1 Å². The highest BCUT2D eigenvalue weighted by molar-refractivity contribution is 5.74. The number of benzene rings is 1. The highest BCUT2D eigenvalue weighted by atomic mass is 19.4. The Kier molecular flexibility index (Phi) is 5.82. The summed E-state index contributed by atoms with van der Waals surface area (Å²) in [6.45, 7) is 2.31. The van der Waals surface area contributed by atoms with Gasteiger partial charge in [0.25, 0.3) is 0 Å². The molecule has 2 N–H and O–H groups in total. The van der Waals surface area contributed by atoms with Crippen LogP contribution in [-0.2, 0) is 10.9 Å². The van der Waals surface area contributed by atoms with Crippen molar-refractivity contribution in [3.63, 3.8) is 0 Å². The SMILES string of the molecule is COCCNC(=O)NC(C)c1cccc(C(F)(F)F)c1. The van der Waals surface area contributed by atoms with Gasteiger partial charge in [0.05, 0.1) is 18.2 Å². The second-order valence-corrected chi connectivity index (χ2v) is 4.24. The molecule has 1 atom stereocenters. The molecular weight excluding hydrogens is 273 g/mol. The van der Waals surface area contributed by atoms with E-state index in [1.54, 1.807) is 6.92 Å². The van der Waals surface area contributed by atoms with Crippen LogP contribution in [0.5, 0.6) is 0 Å². The Labute approximate surface area is 115 Å². The molecule has 20 heavy (non-hydrogen) atoms. The van der Waals surface area contributed by atoms with E-state index in [1.807, 2.05) is 0 Å². The predicted molar refractivity (Wildman–Crippen MR) is 68.3 cm³/mol. The number of hydrogen-bond donors (Lipinski definition) is 2. The zero-order valence-corrected chi connectivity index (χ0v) is 11.3. The third kappa shape index (κ3) is 5.08. The molecule has 1 aromatic carbocycles. The molecule has 7 heteroatoms. The fourth-order valence-electron chi connectivity index (χ4n) is 1.58. The van der Waals surface area contributed by atoms with Crippen LogP contribution in [0, 0.1) is 0 Å². The summed E-state index contributed by atoms with van der Waals surface area (Å²) in [5.74, 6) is 0. The van der Waals surface area contributed by atoms with Crippen LogP contribution in [0.2, 0.25) is 0 Å². The maximum absolute atomic E-state index is 12.6. The van der Waals surface area contributed by atoms with E-state index in [4.69, 9.17) is 4.74 Å². The van der Waals surface area contributed by atoms with E-state index in [0.29, 0.717) is 18.7 Å². The molecule has 1 aromatic rings. The number of rotatable bonds is 5. The standard InChI is InChI=1S/C13H17F3N2O2/c1-9(18-12(19)17-6-7-20-2)10-4-3-5-11(8-10)13(14,15)16/h3-5,8-9H,6-7H2,1-2H3,(H2,17,18,19). The van der Waals surface area contributed by atoms with Gasteiger partial charge in [0.2, 0.25) is 0 Å². The van der Waals surface area contributed by atoms with E-state index < -0.39 is 23.8 Å². The number of carbonyl (C=O) groups is 1. The van der Waals surface area contributed by atoms with Crippen molar-refractivity contribution in [3.05, 3.63) is 35.4 Å². The fourth-order valence-corrected chi connectivity index (χ4v) is 1.58. The molecule has 1 unspecified atom stereocenters. The number of nitrogens with one attached hydrogen (secondary N) is 2. The average molecular weight is 290 g/mol. The van der Waals surface area contributed by atoms with Crippen LogP contribution in [0.15, 0.2) is 24.3 Å². The van der Waals surface area contributed by atoms with Crippen molar-refractivity contribution in [3.8, 4) is 0 Å². The average Bonchev–Trinajstić information content (AvgIpc) is 2.38. The maximum Gasteiger partial charge on any atom is 0.416 e. The lowest BCUT2D eigenvalue weighted by Crippen LogP contribution is -2.38. The minimum Gasteiger partial charge on any atom is -0.383 e. The lowest BCUT2D eigenvalue weighted by molar-refractivity contribution is -0.137. The minimum absolute atomic E-state index is 0.331. The van der Waals surface area contributed by atoms with Crippen LogP contribution in [0.1, 0.15) is 24.1 Å². The van der Waals surface area contributed by atoms with Crippen LogP contribution >= 0.6 is 0 Å². The van der Waals surface area contributed by atoms with Crippen molar-refractivity contribution in [1.29, 1.82) is 0 Å². The molecule has 0 spiro atoms. The Morgan fingerprint density at radius 3 is 2.70 bits per heavy atom. The molecule has 0 aliphatic carbocycles. The molecule has 0 saturated heterocycles. The van der Waals surface area contributed by atoms with Gasteiger partial charge in [-0.2, -0.15) is 13.2 Å². The van der Waals surface area contributed by atoms with Crippen molar-refractivity contribution >= 4 is 6.03 Å². The molecule has 0 saturated carbocycles. The van der Waals surface area contributed by atoms with Gasteiger partial charge in [-0.1, -0.05) is 12.1 Å². The number of urea groups is 1. The quantitative estimate of drug-likeness (QED) is 0.819. The van der Waals surface area contributed by atoms with E-state index in [2.05, 4.69) is 10.6 Å². The van der Waals surface area contributed by atoms with Gasteiger partial charge in [-0.15, -0.1) is 0 Å². The highest BCUT2D eigenvalue weighted by Gasteiger charge is 2.30. The number of methoxy groups -OCH3 is 1. The van der Waals surface area contributed by atoms with Crippen molar-refractivity contribution < 1.29 is 22.7 Å². The summed E-state index contributed by atoms with van der Waals surface area (Å²) >= 11 is 0. The zero-order valence-electron chi connectivity index (χ0n) is 11.3. The van der Waals surface area contributed by atoms with Crippen molar-refractivity contribution in [2.24, 2.45) is 0 Å². The summed E-state index contributed by atoms with van der Waals surface area (Å²) in [5, 5.41) is 5.09. The first-order valence-electron chi connectivity index (χ1n) is 6.05. The molecule has 2 amide bonds. The number of alkyl halides is 3. The smallest absolute Gasteiger partial charge is 0.383 e. The predicted octanol–water partition coefficient (Wildman–Crippen LogP) is 2.71. The monoisotopic (exact) mass is 290 g/mol. The topological polar surface area (TPSA) is 50.4 Å². The Balaban J connectivity index is 2.63. The van der Waals surface area contributed by atoms with Crippen LogP contribution in [-0.4, -0.2) is 26.3 Å². The third-order valence-corrected chi connectivity index (χ3v) is 2.65. The summed E-state index contributed by atoms with van der Waals surface area (Å²) in [4.78, 5) is 11.5. The normalized spacial score (nSPS) is 12.8. The molecular formula is C13H17F3N2O2. The number of halogens is 3. The van der Waals surface area contributed by atoms with E-state index in [9.17, 15) is 18.0 Å². The van der Waals surface area contributed by atoms with Crippen LogP contribution in [0.3, 0.4) is 0 Å². The van der Waals surface area contributed by atoms with E-state index in [1.165, 1.54) is 19.2 Å². The first-order chi connectivity index (χ1) is 9.34. The van der Waals surface area contributed by atoms with Crippen LogP contribution < -0.4 is 10.6 Å². The van der Waals surface area contributed by atoms with Gasteiger partial charge in [-0.05, 0) is 24.6 Å². The second-order valence-electron chi connectivity index (χ2n) is 4.24. The third-order valence-electron chi connectivity index (χ3n) is 2.65. The highest BCUT2D eigenvalue weighted by Crippen LogP contribution is 2.30. The number of amides is 2.